The lowest BCUT2D eigenvalue weighted by Gasteiger charge is -2.17. The quantitative estimate of drug-likeness (QED) is 0.933. The number of rotatable bonds is 3. The van der Waals surface area contributed by atoms with Crippen molar-refractivity contribution < 1.29 is 9.90 Å². The molecule has 1 aromatic carbocycles. The fourth-order valence-electron chi connectivity index (χ4n) is 1.59. The van der Waals surface area contributed by atoms with Gasteiger partial charge in [-0.1, -0.05) is 29.8 Å². The molecule has 1 heterocycles. The van der Waals surface area contributed by atoms with Crippen LogP contribution in [-0.2, 0) is 6.54 Å². The number of halogens is 1. The molecule has 1 N–H and O–H groups in total. The van der Waals surface area contributed by atoms with Gasteiger partial charge in [0.15, 0.2) is 0 Å². The van der Waals surface area contributed by atoms with Gasteiger partial charge in [0.05, 0.1) is 12.4 Å². The molecule has 2 rings (SSSR count). The van der Waals surface area contributed by atoms with Gasteiger partial charge in [0.1, 0.15) is 16.6 Å². The summed E-state index contributed by atoms with van der Waals surface area (Å²) in [5.41, 5.74) is 0.877. The van der Waals surface area contributed by atoms with E-state index in [9.17, 15) is 9.90 Å². The Hall–Kier alpha value is -2.14. The van der Waals surface area contributed by atoms with E-state index in [0.717, 1.165) is 0 Å². The summed E-state index contributed by atoms with van der Waals surface area (Å²) in [6, 6.07) is 6.86. The average molecular weight is 278 g/mol. The molecule has 1 aromatic heterocycles. The summed E-state index contributed by atoms with van der Waals surface area (Å²) in [6.07, 6.45) is 2.65. The highest BCUT2D eigenvalue weighted by Gasteiger charge is 2.15. The lowest BCUT2D eigenvalue weighted by Crippen LogP contribution is -2.27. The van der Waals surface area contributed by atoms with Crippen LogP contribution in [0.15, 0.2) is 36.7 Å². The summed E-state index contributed by atoms with van der Waals surface area (Å²) in [4.78, 5) is 21.3. The first-order chi connectivity index (χ1) is 9.08. The zero-order valence-corrected chi connectivity index (χ0v) is 11.0. The molecule has 0 atom stereocenters. The lowest BCUT2D eigenvalue weighted by molar-refractivity contribution is 0.0778. The lowest BCUT2D eigenvalue weighted by atomic mass is 10.2. The maximum atomic E-state index is 12.1. The molecule has 0 aliphatic carbocycles. The standard InChI is InChI=1S/C13H12ClN3O2/c1-17(8-9-4-2-3-5-11(9)18)13(19)10-6-16-12(14)7-15-10/h2-7,18H,8H2,1H3. The number of aromatic hydroxyl groups is 1. The minimum Gasteiger partial charge on any atom is -0.508 e. The number of hydrogen-bond acceptors (Lipinski definition) is 4. The molecular weight excluding hydrogens is 266 g/mol. The molecular formula is C13H12ClN3O2. The Morgan fingerprint density at radius 2 is 2.05 bits per heavy atom. The molecule has 6 heteroatoms. The Balaban J connectivity index is 2.12. The number of phenolic OH excluding ortho intramolecular Hbond substituents is 1. The second kappa shape index (κ2) is 5.67. The molecule has 5 nitrogen and oxygen atoms in total. The number of phenols is 1. The van der Waals surface area contributed by atoms with Gasteiger partial charge in [0, 0.05) is 19.2 Å². The third-order valence-electron chi connectivity index (χ3n) is 2.59. The van der Waals surface area contributed by atoms with Crippen LogP contribution in [0.4, 0.5) is 0 Å². The van der Waals surface area contributed by atoms with Crippen LogP contribution in [0.3, 0.4) is 0 Å². The van der Waals surface area contributed by atoms with E-state index in [1.165, 1.54) is 17.3 Å². The second-order valence-electron chi connectivity index (χ2n) is 4.01. The van der Waals surface area contributed by atoms with Gasteiger partial charge in [-0.25, -0.2) is 9.97 Å². The zero-order valence-electron chi connectivity index (χ0n) is 10.2. The highest BCUT2D eigenvalue weighted by atomic mass is 35.5. The fourth-order valence-corrected chi connectivity index (χ4v) is 1.69. The van der Waals surface area contributed by atoms with Crippen LogP contribution in [0.1, 0.15) is 16.1 Å². The van der Waals surface area contributed by atoms with E-state index in [2.05, 4.69) is 9.97 Å². The van der Waals surface area contributed by atoms with E-state index in [0.29, 0.717) is 5.56 Å². The Kier molecular flexibility index (Phi) is 3.97. The van der Waals surface area contributed by atoms with E-state index >= 15 is 0 Å². The summed E-state index contributed by atoms with van der Waals surface area (Å²) in [5, 5.41) is 9.90. The first-order valence-electron chi connectivity index (χ1n) is 5.58. The summed E-state index contributed by atoms with van der Waals surface area (Å²) < 4.78 is 0. The number of amides is 1. The molecule has 0 aliphatic rings. The van der Waals surface area contributed by atoms with Crippen LogP contribution >= 0.6 is 11.6 Å². The van der Waals surface area contributed by atoms with Crippen molar-refractivity contribution >= 4 is 17.5 Å². The Labute approximate surface area is 115 Å². The molecule has 98 valence electrons. The van der Waals surface area contributed by atoms with Gasteiger partial charge in [-0.2, -0.15) is 0 Å². The fraction of sp³-hybridized carbons (Fsp3) is 0.154. The van der Waals surface area contributed by atoms with Gasteiger partial charge >= 0.3 is 0 Å². The van der Waals surface area contributed by atoms with Crippen molar-refractivity contribution in [2.24, 2.45) is 0 Å². The smallest absolute Gasteiger partial charge is 0.274 e. The average Bonchev–Trinajstić information content (AvgIpc) is 2.41. The zero-order chi connectivity index (χ0) is 13.8. The van der Waals surface area contributed by atoms with Crippen LogP contribution in [0.5, 0.6) is 5.75 Å². The highest BCUT2D eigenvalue weighted by molar-refractivity contribution is 6.29. The summed E-state index contributed by atoms with van der Waals surface area (Å²) in [5.74, 6) is -0.128. The van der Waals surface area contributed by atoms with Gasteiger partial charge in [0.2, 0.25) is 0 Å². The highest BCUT2D eigenvalue weighted by Crippen LogP contribution is 2.17. The van der Waals surface area contributed by atoms with Crippen molar-refractivity contribution in [3.63, 3.8) is 0 Å². The normalized spacial score (nSPS) is 10.2. The predicted molar refractivity (Wildman–Crippen MR) is 70.9 cm³/mol. The molecule has 0 unspecified atom stereocenters. The van der Waals surface area contributed by atoms with Gasteiger partial charge in [0.25, 0.3) is 5.91 Å². The topological polar surface area (TPSA) is 66.3 Å². The van der Waals surface area contributed by atoms with Gasteiger partial charge in [-0.3, -0.25) is 4.79 Å². The molecule has 0 saturated carbocycles. The number of para-hydroxylation sites is 1. The number of benzene rings is 1. The molecule has 0 aliphatic heterocycles. The third kappa shape index (κ3) is 3.20. The number of carbonyl (C=O) groups excluding carboxylic acids is 1. The maximum absolute atomic E-state index is 12.1. The predicted octanol–water partition coefficient (Wildman–Crippen LogP) is 2.11. The number of hydrogen-bond donors (Lipinski definition) is 1. The minimum absolute atomic E-state index is 0.157. The molecule has 2 aromatic rings. The van der Waals surface area contributed by atoms with E-state index in [1.54, 1.807) is 31.3 Å². The largest absolute Gasteiger partial charge is 0.508 e. The molecule has 0 bridgehead atoms. The summed E-state index contributed by atoms with van der Waals surface area (Å²) in [6.45, 7) is 0.288. The van der Waals surface area contributed by atoms with Crippen LogP contribution in [0.2, 0.25) is 5.15 Å². The second-order valence-corrected chi connectivity index (χ2v) is 4.40. The van der Waals surface area contributed by atoms with E-state index in [4.69, 9.17) is 11.6 Å². The number of nitrogens with zero attached hydrogens (tertiary/aromatic N) is 3. The first-order valence-corrected chi connectivity index (χ1v) is 5.95. The molecule has 19 heavy (non-hydrogen) atoms. The van der Waals surface area contributed by atoms with Gasteiger partial charge in [-0.15, -0.1) is 0 Å². The molecule has 0 saturated heterocycles. The van der Waals surface area contributed by atoms with Crippen molar-refractivity contribution in [1.29, 1.82) is 0 Å². The molecule has 0 radical (unpaired) electrons. The van der Waals surface area contributed by atoms with E-state index in [-0.39, 0.29) is 29.0 Å². The van der Waals surface area contributed by atoms with Crippen LogP contribution in [0, 0.1) is 0 Å². The number of carbonyl (C=O) groups is 1. The Morgan fingerprint density at radius 1 is 1.32 bits per heavy atom. The van der Waals surface area contributed by atoms with Crippen molar-refractivity contribution in [3.8, 4) is 5.75 Å². The van der Waals surface area contributed by atoms with E-state index in [1.807, 2.05) is 0 Å². The summed E-state index contributed by atoms with van der Waals surface area (Å²) in [7, 11) is 1.63. The first kappa shape index (κ1) is 13.3. The Bertz CT molecular complexity index is 587. The number of aromatic nitrogens is 2. The maximum Gasteiger partial charge on any atom is 0.274 e. The monoisotopic (exact) mass is 277 g/mol. The SMILES string of the molecule is CN(Cc1ccccc1O)C(=O)c1cnc(Cl)cn1. The molecule has 1 amide bonds. The molecule has 0 spiro atoms. The van der Waals surface area contributed by atoms with Crippen molar-refractivity contribution in [2.45, 2.75) is 6.54 Å². The van der Waals surface area contributed by atoms with Gasteiger partial charge < -0.3 is 10.0 Å². The third-order valence-corrected chi connectivity index (χ3v) is 2.78. The summed E-state index contributed by atoms with van der Waals surface area (Å²) >= 11 is 5.61. The van der Waals surface area contributed by atoms with Crippen molar-refractivity contribution in [2.75, 3.05) is 7.05 Å². The van der Waals surface area contributed by atoms with Crippen molar-refractivity contribution in [1.82, 2.24) is 14.9 Å². The van der Waals surface area contributed by atoms with Crippen LogP contribution in [0.25, 0.3) is 0 Å². The minimum atomic E-state index is -0.285. The van der Waals surface area contributed by atoms with Gasteiger partial charge in [-0.05, 0) is 6.07 Å². The van der Waals surface area contributed by atoms with Crippen molar-refractivity contribution in [3.05, 3.63) is 53.1 Å². The Morgan fingerprint density at radius 3 is 2.68 bits per heavy atom. The van der Waals surface area contributed by atoms with Crippen LogP contribution in [-0.4, -0.2) is 32.9 Å². The van der Waals surface area contributed by atoms with Crippen LogP contribution < -0.4 is 0 Å². The molecule has 0 fully saturated rings. The van der Waals surface area contributed by atoms with E-state index < -0.39 is 0 Å².